The molecule has 0 bridgehead atoms. The maximum atomic E-state index is 9.33. The molecule has 31 heavy (non-hydrogen) atoms. The summed E-state index contributed by atoms with van der Waals surface area (Å²) >= 11 is 0. The van der Waals surface area contributed by atoms with Crippen LogP contribution in [0.3, 0.4) is 0 Å². The van der Waals surface area contributed by atoms with E-state index in [1.807, 2.05) is 0 Å². The molecule has 1 aliphatic rings. The zero-order valence-electron chi connectivity index (χ0n) is 15.4. The van der Waals surface area contributed by atoms with Crippen molar-refractivity contribution in [2.24, 2.45) is 9.98 Å². The van der Waals surface area contributed by atoms with Gasteiger partial charge in [-0.3, -0.25) is 4.99 Å². The maximum Gasteiger partial charge on any atom is 0.177 e. The number of nitrogens with zero attached hydrogens (tertiary/aromatic N) is 12. The van der Waals surface area contributed by atoms with Gasteiger partial charge in [-0.15, -0.1) is 0 Å². The van der Waals surface area contributed by atoms with Gasteiger partial charge in [-0.05, 0) is 0 Å². The van der Waals surface area contributed by atoms with Gasteiger partial charge in [0.05, 0.1) is 12.1 Å². The Kier molecular flexibility index (Phi) is 5.17. The molecule has 2 aromatic rings. The first-order valence-electron chi connectivity index (χ1n) is 8.08. The van der Waals surface area contributed by atoms with Crippen molar-refractivity contribution in [3.63, 3.8) is 0 Å². The van der Waals surface area contributed by atoms with Gasteiger partial charge in [-0.1, -0.05) is 0 Å². The van der Waals surface area contributed by atoms with Crippen molar-refractivity contribution in [2.45, 2.75) is 0 Å². The second-order valence-electron chi connectivity index (χ2n) is 5.49. The molecule has 1 aliphatic carbocycles. The topological polar surface area (TPSA) is 219 Å². The molecular weight excluding hydrogens is 396 g/mol. The van der Waals surface area contributed by atoms with E-state index in [0.29, 0.717) is 0 Å². The first kappa shape index (κ1) is 19.9. The Morgan fingerprint density at radius 1 is 0.677 bits per heavy atom. The highest BCUT2D eigenvalue weighted by Crippen LogP contribution is 2.31. The quantitative estimate of drug-likeness (QED) is 0.605. The Balaban J connectivity index is 2.55. The molecule has 0 aromatic carbocycles. The average molecular weight is 400 g/mol. The van der Waals surface area contributed by atoms with Crippen LogP contribution in [0.2, 0.25) is 0 Å². The van der Waals surface area contributed by atoms with Gasteiger partial charge < -0.3 is 0 Å². The predicted octanol–water partition coefficient (Wildman–Crippen LogP) is 0.573. The number of allylic oxidation sites excluding steroid dienone is 2. The molecule has 0 fully saturated rings. The van der Waals surface area contributed by atoms with Crippen LogP contribution in [-0.4, -0.2) is 38.4 Å². The van der Waals surface area contributed by atoms with Gasteiger partial charge in [-0.2, -0.15) is 31.6 Å². The third-order valence-electron chi connectivity index (χ3n) is 3.88. The molecule has 3 rings (SSSR count). The van der Waals surface area contributed by atoms with E-state index in [-0.39, 0.29) is 62.7 Å². The van der Waals surface area contributed by atoms with Crippen LogP contribution in [0, 0.1) is 68.0 Å². The lowest BCUT2D eigenvalue weighted by Gasteiger charge is -2.20. The summed E-state index contributed by atoms with van der Waals surface area (Å²) in [5, 5.41) is 55.4. The largest absolute Gasteiger partial charge is 0.284 e. The van der Waals surface area contributed by atoms with E-state index >= 15 is 0 Å². The molecule has 12 heteroatoms. The van der Waals surface area contributed by atoms with Gasteiger partial charge in [0, 0.05) is 7.05 Å². The molecular formula is C19H4N12. The standard InChI is InChI=1S/C19H4N12/c1-26-14-15(27-9(4-21)2-3-20)17-19(31-13(8-25)12(7-24)29-17)18-16(14)28-10(5-22)11(6-23)30-18/h2H,1H3/b9-2+,26-14?,27-15?. The number of hydrogen-bond donors (Lipinski definition) is 0. The number of rotatable bonds is 1. The van der Waals surface area contributed by atoms with Crippen LogP contribution in [0.15, 0.2) is 21.8 Å². The zero-order chi connectivity index (χ0) is 22.5. The number of aromatic nitrogens is 4. The third kappa shape index (κ3) is 3.18. The molecule has 0 unspecified atom stereocenters. The molecule has 140 valence electrons. The van der Waals surface area contributed by atoms with Gasteiger partial charge >= 0.3 is 0 Å². The Bertz CT molecular complexity index is 1500. The van der Waals surface area contributed by atoms with Gasteiger partial charge in [0.1, 0.15) is 64.5 Å². The van der Waals surface area contributed by atoms with Crippen LogP contribution in [0.1, 0.15) is 34.2 Å². The van der Waals surface area contributed by atoms with E-state index in [4.69, 9.17) is 5.26 Å². The van der Waals surface area contributed by atoms with Gasteiger partial charge in [0.2, 0.25) is 0 Å². The average Bonchev–Trinajstić information content (AvgIpc) is 2.81. The van der Waals surface area contributed by atoms with Gasteiger partial charge in [0.25, 0.3) is 0 Å². The molecule has 0 radical (unpaired) electrons. The summed E-state index contributed by atoms with van der Waals surface area (Å²) in [7, 11) is 1.38. The minimum atomic E-state index is -0.308. The van der Waals surface area contributed by atoms with Crippen molar-refractivity contribution in [1.29, 1.82) is 31.6 Å². The molecule has 0 spiro atoms. The molecule has 2 aromatic heterocycles. The predicted molar refractivity (Wildman–Crippen MR) is 100 cm³/mol. The lowest BCUT2D eigenvalue weighted by molar-refractivity contribution is 1.06. The van der Waals surface area contributed by atoms with E-state index in [2.05, 4.69) is 29.9 Å². The molecule has 0 saturated heterocycles. The van der Waals surface area contributed by atoms with Crippen LogP contribution < -0.4 is 0 Å². The Morgan fingerprint density at radius 3 is 1.45 bits per heavy atom. The number of hydrogen-bond acceptors (Lipinski definition) is 12. The first-order chi connectivity index (χ1) is 15.1. The molecule has 0 atom stereocenters. The highest BCUT2D eigenvalue weighted by atomic mass is 15.0. The van der Waals surface area contributed by atoms with Crippen molar-refractivity contribution >= 4 is 11.4 Å². The van der Waals surface area contributed by atoms with Crippen molar-refractivity contribution in [3.05, 3.63) is 45.9 Å². The summed E-state index contributed by atoms with van der Waals surface area (Å²) in [5.41, 5.74) is -1.57. The number of nitriles is 6. The Labute approximate surface area is 174 Å². The van der Waals surface area contributed by atoms with E-state index in [9.17, 15) is 26.3 Å². The minimum Gasteiger partial charge on any atom is -0.284 e. The summed E-state index contributed by atoms with van der Waals surface area (Å²) in [6, 6.07) is 10.5. The number of aliphatic imine (C=N–C) groups is 2. The molecule has 0 N–H and O–H groups in total. The summed E-state index contributed by atoms with van der Waals surface area (Å²) < 4.78 is 0. The Hall–Kier alpha value is -5.82. The lowest BCUT2D eigenvalue weighted by atomic mass is 9.94. The van der Waals surface area contributed by atoms with Crippen LogP contribution in [0.5, 0.6) is 0 Å². The third-order valence-corrected chi connectivity index (χ3v) is 3.88. The SMILES string of the molecule is CN=C1C(=N/C(C#N)=C/C#N)c2nc(C#N)c(C#N)nc2-c2nc(C#N)c(C#N)nc21. The fourth-order valence-corrected chi connectivity index (χ4v) is 2.66. The van der Waals surface area contributed by atoms with Crippen LogP contribution in [-0.2, 0) is 0 Å². The molecule has 0 saturated carbocycles. The summed E-state index contributed by atoms with van der Waals surface area (Å²) in [4.78, 5) is 24.8. The van der Waals surface area contributed by atoms with Crippen molar-refractivity contribution in [2.75, 3.05) is 7.05 Å². The van der Waals surface area contributed by atoms with Gasteiger partial charge in [0.15, 0.2) is 28.5 Å². The first-order valence-corrected chi connectivity index (χ1v) is 8.08. The van der Waals surface area contributed by atoms with E-state index in [1.165, 1.54) is 7.05 Å². The fourth-order valence-electron chi connectivity index (χ4n) is 2.66. The smallest absolute Gasteiger partial charge is 0.177 e. The lowest BCUT2D eigenvalue weighted by Crippen LogP contribution is -2.29. The van der Waals surface area contributed by atoms with Crippen molar-refractivity contribution in [3.8, 4) is 47.8 Å². The van der Waals surface area contributed by atoms with Crippen LogP contribution in [0.4, 0.5) is 0 Å². The number of fused-ring (bicyclic) bond motifs is 3. The maximum absolute atomic E-state index is 9.33. The zero-order valence-corrected chi connectivity index (χ0v) is 15.4. The van der Waals surface area contributed by atoms with Gasteiger partial charge in [-0.25, -0.2) is 24.9 Å². The molecule has 0 aliphatic heterocycles. The van der Waals surface area contributed by atoms with Crippen molar-refractivity contribution in [1.82, 2.24) is 19.9 Å². The molecule has 0 amide bonds. The highest BCUT2D eigenvalue weighted by Gasteiger charge is 2.34. The second kappa shape index (κ2) is 8.05. The van der Waals surface area contributed by atoms with E-state index < -0.39 is 0 Å². The summed E-state index contributed by atoms with van der Waals surface area (Å²) in [6.07, 6.45) is 0.892. The second-order valence-corrected chi connectivity index (χ2v) is 5.49. The van der Waals surface area contributed by atoms with E-state index in [1.54, 1.807) is 36.4 Å². The fraction of sp³-hybridized carbons (Fsp3) is 0.0526. The minimum absolute atomic E-state index is 0.00126. The summed E-state index contributed by atoms with van der Waals surface area (Å²) in [5.74, 6) is 0. The van der Waals surface area contributed by atoms with Crippen LogP contribution >= 0.6 is 0 Å². The van der Waals surface area contributed by atoms with E-state index in [0.717, 1.165) is 6.08 Å². The molecule has 2 heterocycles. The normalized spacial score (nSPS) is 14.1. The summed E-state index contributed by atoms with van der Waals surface area (Å²) in [6.45, 7) is 0. The highest BCUT2D eigenvalue weighted by molar-refractivity contribution is 6.56. The molecule has 12 nitrogen and oxygen atoms in total. The van der Waals surface area contributed by atoms with Crippen LogP contribution in [0.25, 0.3) is 11.4 Å². The Morgan fingerprint density at radius 2 is 1.10 bits per heavy atom. The monoisotopic (exact) mass is 400 g/mol. The van der Waals surface area contributed by atoms with Crippen molar-refractivity contribution < 1.29 is 0 Å².